The standard InChI is InChI=1S/C27H24F4N8O2/c1-14-8-20(27(29,30)31)36-39(14)18-7-4-15(9-17(18)28)11-38-12-21(40)37(2)19-10-32-24(35-25(19)38)22-23(16-5-6-16)33-13-34-26(22)41-3/h4,7-10,13,16H,5-6,11-12H2,1-3H3. The van der Waals surface area contributed by atoms with E-state index in [-0.39, 0.29) is 36.3 Å². The third kappa shape index (κ3) is 4.83. The number of aromatic nitrogens is 6. The van der Waals surface area contributed by atoms with Crippen molar-refractivity contribution < 1.29 is 27.1 Å². The zero-order valence-corrected chi connectivity index (χ0v) is 22.3. The maximum Gasteiger partial charge on any atom is 0.435 e. The molecular weight excluding hydrogens is 544 g/mol. The summed E-state index contributed by atoms with van der Waals surface area (Å²) in [5.41, 5.74) is 1.24. The van der Waals surface area contributed by atoms with E-state index in [1.807, 2.05) is 0 Å². The highest BCUT2D eigenvalue weighted by Crippen LogP contribution is 2.45. The maximum atomic E-state index is 15.2. The minimum Gasteiger partial charge on any atom is -0.480 e. The molecule has 1 saturated carbocycles. The SMILES string of the molecule is COc1ncnc(C2CC2)c1-c1ncc2c(n1)N(Cc1ccc(-n3nc(C(F)(F)F)cc3C)c(F)c1)CC(=O)N2C. The van der Waals surface area contributed by atoms with Crippen LogP contribution in [0, 0.1) is 12.7 Å². The number of hydrogen-bond acceptors (Lipinski definition) is 8. The summed E-state index contributed by atoms with van der Waals surface area (Å²) >= 11 is 0. The molecule has 4 heterocycles. The Kier molecular flexibility index (Phi) is 6.35. The first-order valence-corrected chi connectivity index (χ1v) is 12.8. The van der Waals surface area contributed by atoms with Gasteiger partial charge in [-0.3, -0.25) is 4.79 Å². The molecule has 0 bridgehead atoms. The maximum absolute atomic E-state index is 15.2. The highest BCUT2D eigenvalue weighted by molar-refractivity contribution is 6.02. The van der Waals surface area contributed by atoms with Gasteiger partial charge in [-0.2, -0.15) is 18.3 Å². The molecule has 14 heteroatoms. The van der Waals surface area contributed by atoms with Crippen molar-refractivity contribution in [2.45, 2.75) is 38.4 Å². The summed E-state index contributed by atoms with van der Waals surface area (Å²) in [7, 11) is 3.13. The van der Waals surface area contributed by atoms with E-state index in [1.54, 1.807) is 24.2 Å². The van der Waals surface area contributed by atoms with Crippen molar-refractivity contribution in [1.82, 2.24) is 29.7 Å². The molecule has 41 heavy (non-hydrogen) atoms. The zero-order valence-electron chi connectivity index (χ0n) is 22.3. The van der Waals surface area contributed by atoms with Crippen LogP contribution in [0.1, 0.15) is 41.4 Å². The van der Waals surface area contributed by atoms with Gasteiger partial charge in [-0.15, -0.1) is 0 Å². The smallest absolute Gasteiger partial charge is 0.435 e. The average molecular weight is 569 g/mol. The second-order valence-corrected chi connectivity index (χ2v) is 10.00. The first-order valence-electron chi connectivity index (χ1n) is 12.8. The topological polar surface area (TPSA) is 102 Å². The number of ether oxygens (including phenoxy) is 1. The van der Waals surface area contributed by atoms with Gasteiger partial charge in [0.2, 0.25) is 11.8 Å². The molecule has 0 saturated heterocycles. The number of carbonyl (C=O) groups excluding carboxylic acids is 1. The Morgan fingerprint density at radius 1 is 1.10 bits per heavy atom. The van der Waals surface area contributed by atoms with Gasteiger partial charge in [0.15, 0.2) is 17.3 Å². The van der Waals surface area contributed by atoms with E-state index >= 15 is 4.39 Å². The van der Waals surface area contributed by atoms with Crippen LogP contribution in [0.4, 0.5) is 29.1 Å². The Balaban J connectivity index is 1.35. The fourth-order valence-electron chi connectivity index (χ4n) is 4.88. The summed E-state index contributed by atoms with van der Waals surface area (Å²) in [5, 5.41) is 3.54. The Morgan fingerprint density at radius 2 is 1.88 bits per heavy atom. The van der Waals surface area contributed by atoms with Gasteiger partial charge >= 0.3 is 6.18 Å². The van der Waals surface area contributed by atoms with Crippen molar-refractivity contribution in [1.29, 1.82) is 0 Å². The predicted molar refractivity (Wildman–Crippen MR) is 139 cm³/mol. The van der Waals surface area contributed by atoms with Crippen LogP contribution in [0.3, 0.4) is 0 Å². The van der Waals surface area contributed by atoms with E-state index in [0.29, 0.717) is 34.3 Å². The van der Waals surface area contributed by atoms with Crippen LogP contribution < -0.4 is 14.5 Å². The quantitative estimate of drug-likeness (QED) is 0.315. The van der Waals surface area contributed by atoms with E-state index in [9.17, 15) is 18.0 Å². The van der Waals surface area contributed by atoms with Gasteiger partial charge in [0.05, 0.1) is 25.5 Å². The molecule has 1 amide bonds. The Labute approximate surface area is 231 Å². The third-order valence-corrected chi connectivity index (χ3v) is 7.13. The van der Waals surface area contributed by atoms with Gasteiger partial charge in [-0.25, -0.2) is 29.0 Å². The van der Waals surface area contributed by atoms with E-state index in [1.165, 1.54) is 37.4 Å². The van der Waals surface area contributed by atoms with E-state index in [0.717, 1.165) is 29.3 Å². The largest absolute Gasteiger partial charge is 0.480 e. The van der Waals surface area contributed by atoms with Crippen LogP contribution in [-0.2, 0) is 17.5 Å². The number of aryl methyl sites for hydroxylation is 1. The summed E-state index contributed by atoms with van der Waals surface area (Å²) in [6.07, 6.45) is 0.314. The van der Waals surface area contributed by atoms with Crippen molar-refractivity contribution in [3.05, 3.63) is 65.3 Å². The van der Waals surface area contributed by atoms with E-state index in [4.69, 9.17) is 9.72 Å². The van der Waals surface area contributed by atoms with Crippen molar-refractivity contribution in [3.63, 3.8) is 0 Å². The van der Waals surface area contributed by atoms with Crippen LogP contribution in [0.5, 0.6) is 5.88 Å². The van der Waals surface area contributed by atoms with Crippen LogP contribution in [-0.4, -0.2) is 56.3 Å². The van der Waals surface area contributed by atoms with Crippen LogP contribution in [0.25, 0.3) is 17.1 Å². The number of fused-ring (bicyclic) bond motifs is 1. The number of carbonyl (C=O) groups is 1. The molecule has 3 aromatic heterocycles. The molecule has 4 aromatic rings. The fraction of sp³-hybridized carbons (Fsp3) is 0.333. The monoisotopic (exact) mass is 568 g/mol. The summed E-state index contributed by atoms with van der Waals surface area (Å²) in [5.74, 6) is 0.422. The first kappa shape index (κ1) is 26.6. The lowest BCUT2D eigenvalue weighted by Gasteiger charge is -2.34. The minimum atomic E-state index is -4.65. The Morgan fingerprint density at radius 3 is 2.54 bits per heavy atom. The molecule has 0 spiro atoms. The summed E-state index contributed by atoms with van der Waals surface area (Å²) in [6, 6.07) is 5.02. The number of anilines is 2. The molecule has 1 aliphatic heterocycles. The van der Waals surface area contributed by atoms with Gasteiger partial charge < -0.3 is 14.5 Å². The second kappa shape index (κ2) is 9.78. The normalized spacial score (nSPS) is 15.3. The van der Waals surface area contributed by atoms with Crippen LogP contribution in [0.2, 0.25) is 0 Å². The molecule has 0 N–H and O–H groups in total. The molecule has 1 fully saturated rings. The first-order chi connectivity index (χ1) is 19.5. The number of likely N-dealkylation sites (N-methyl/N-ethyl adjacent to an activating group) is 1. The zero-order chi connectivity index (χ0) is 29.1. The van der Waals surface area contributed by atoms with Gasteiger partial charge in [0.25, 0.3) is 0 Å². The number of hydrogen-bond donors (Lipinski definition) is 0. The minimum absolute atomic E-state index is 0.0333. The predicted octanol–water partition coefficient (Wildman–Crippen LogP) is 4.45. The number of methoxy groups -OCH3 is 1. The number of rotatable bonds is 6. The van der Waals surface area contributed by atoms with E-state index in [2.05, 4.69) is 20.1 Å². The number of amides is 1. The molecule has 10 nitrogen and oxygen atoms in total. The third-order valence-electron chi connectivity index (χ3n) is 7.13. The summed E-state index contributed by atoms with van der Waals surface area (Å²) < 4.78 is 61.0. The van der Waals surface area contributed by atoms with Crippen molar-refractivity contribution >= 4 is 17.4 Å². The summed E-state index contributed by atoms with van der Waals surface area (Å²) in [4.78, 5) is 34.0. The van der Waals surface area contributed by atoms with Crippen LogP contribution in [0.15, 0.2) is 36.8 Å². The van der Waals surface area contributed by atoms with Crippen molar-refractivity contribution in [2.75, 3.05) is 30.5 Å². The second-order valence-electron chi connectivity index (χ2n) is 10.00. The molecule has 0 unspecified atom stereocenters. The van der Waals surface area contributed by atoms with Crippen LogP contribution >= 0.6 is 0 Å². The molecule has 6 rings (SSSR count). The molecule has 1 aromatic carbocycles. The fourth-order valence-corrected chi connectivity index (χ4v) is 4.88. The van der Waals surface area contributed by atoms with Gasteiger partial charge in [0, 0.05) is 25.2 Å². The Bertz CT molecular complexity index is 1670. The lowest BCUT2D eigenvalue weighted by Crippen LogP contribution is -2.44. The highest BCUT2D eigenvalue weighted by Gasteiger charge is 2.36. The number of nitrogens with zero attached hydrogens (tertiary/aromatic N) is 8. The molecule has 0 radical (unpaired) electrons. The van der Waals surface area contributed by atoms with Gasteiger partial charge in [-0.1, -0.05) is 6.07 Å². The number of alkyl halides is 3. The molecule has 212 valence electrons. The summed E-state index contributed by atoms with van der Waals surface area (Å²) in [6.45, 7) is 1.49. The molecule has 2 aliphatic rings. The van der Waals surface area contributed by atoms with E-state index < -0.39 is 17.7 Å². The lowest BCUT2D eigenvalue weighted by molar-refractivity contribution is -0.141. The number of benzene rings is 1. The number of halogens is 4. The molecule has 1 aliphatic carbocycles. The molecular formula is C27H24F4N8O2. The highest BCUT2D eigenvalue weighted by atomic mass is 19.4. The molecule has 0 atom stereocenters. The van der Waals surface area contributed by atoms with Gasteiger partial charge in [-0.05, 0) is 43.5 Å². The van der Waals surface area contributed by atoms with Gasteiger partial charge in [0.1, 0.15) is 29.1 Å². The van der Waals surface area contributed by atoms with Crippen molar-refractivity contribution in [3.8, 4) is 23.0 Å². The Hall–Kier alpha value is -4.62. The lowest BCUT2D eigenvalue weighted by atomic mass is 10.1. The average Bonchev–Trinajstić information content (AvgIpc) is 3.71. The van der Waals surface area contributed by atoms with Crippen molar-refractivity contribution in [2.24, 2.45) is 0 Å².